The van der Waals surface area contributed by atoms with E-state index in [2.05, 4.69) is 5.32 Å². The first-order chi connectivity index (χ1) is 8.47. The summed E-state index contributed by atoms with van der Waals surface area (Å²) >= 11 is 0. The Morgan fingerprint density at radius 2 is 1.78 bits per heavy atom. The molecule has 102 valence electrons. The highest BCUT2D eigenvalue weighted by atomic mass is 19.4. The van der Waals surface area contributed by atoms with Crippen LogP contribution in [-0.4, -0.2) is 33.5 Å². The first kappa shape index (κ1) is 14.8. The van der Waals surface area contributed by atoms with Crippen LogP contribution in [0.3, 0.4) is 0 Å². The van der Waals surface area contributed by atoms with Crippen molar-refractivity contribution in [3.63, 3.8) is 0 Å². The van der Waals surface area contributed by atoms with Gasteiger partial charge >= 0.3 is 6.18 Å². The summed E-state index contributed by atoms with van der Waals surface area (Å²) < 4.78 is 47.1. The van der Waals surface area contributed by atoms with Gasteiger partial charge in [-0.05, 0) is 24.3 Å². The fraction of sp³-hybridized carbons (Fsp3) is 0.500. The van der Waals surface area contributed by atoms with Crippen LogP contribution in [0.4, 0.5) is 18.9 Å². The Kier molecular flexibility index (Phi) is 5.43. The van der Waals surface area contributed by atoms with E-state index in [1.54, 1.807) is 14.2 Å². The molecule has 0 fully saturated rings. The number of ether oxygens (including phenoxy) is 2. The number of anilines is 1. The van der Waals surface area contributed by atoms with Crippen LogP contribution < -0.4 is 5.32 Å². The number of methoxy groups -OCH3 is 2. The van der Waals surface area contributed by atoms with Crippen LogP contribution in [0, 0.1) is 0 Å². The maximum Gasteiger partial charge on any atom is 0.416 e. The summed E-state index contributed by atoms with van der Waals surface area (Å²) in [5.74, 6) is 0. The van der Waals surface area contributed by atoms with E-state index < -0.39 is 11.7 Å². The molecule has 0 bridgehead atoms. The molecule has 0 aliphatic carbocycles. The van der Waals surface area contributed by atoms with Crippen molar-refractivity contribution in [3.05, 3.63) is 29.8 Å². The van der Waals surface area contributed by atoms with Gasteiger partial charge < -0.3 is 14.8 Å². The third-order valence-electron chi connectivity index (χ3n) is 2.43. The van der Waals surface area contributed by atoms with Crippen LogP contribution in [0.2, 0.25) is 0 Å². The van der Waals surface area contributed by atoms with E-state index in [9.17, 15) is 13.2 Å². The summed E-state index contributed by atoms with van der Waals surface area (Å²) in [7, 11) is 3.11. The van der Waals surface area contributed by atoms with Crippen LogP contribution in [0.15, 0.2) is 24.3 Å². The lowest BCUT2D eigenvalue weighted by molar-refractivity contribution is -0.137. The van der Waals surface area contributed by atoms with Gasteiger partial charge in [0.2, 0.25) is 0 Å². The van der Waals surface area contributed by atoms with Gasteiger partial charge in [0.1, 0.15) is 0 Å². The van der Waals surface area contributed by atoms with Gasteiger partial charge in [0.05, 0.1) is 18.3 Å². The van der Waals surface area contributed by atoms with Gasteiger partial charge in [0.15, 0.2) is 0 Å². The van der Waals surface area contributed by atoms with Crippen LogP contribution in [0.5, 0.6) is 0 Å². The van der Waals surface area contributed by atoms with Crippen molar-refractivity contribution in [1.29, 1.82) is 0 Å². The van der Waals surface area contributed by atoms with Crippen molar-refractivity contribution in [2.75, 3.05) is 32.7 Å². The maximum atomic E-state index is 12.3. The van der Waals surface area contributed by atoms with Crippen LogP contribution >= 0.6 is 0 Å². The van der Waals surface area contributed by atoms with Crippen LogP contribution in [0.1, 0.15) is 5.56 Å². The van der Waals surface area contributed by atoms with Gasteiger partial charge in [-0.2, -0.15) is 13.2 Å². The topological polar surface area (TPSA) is 30.5 Å². The summed E-state index contributed by atoms with van der Waals surface area (Å²) in [4.78, 5) is 0. The molecule has 0 saturated heterocycles. The van der Waals surface area contributed by atoms with Crippen molar-refractivity contribution in [1.82, 2.24) is 0 Å². The summed E-state index contributed by atoms with van der Waals surface area (Å²) in [6, 6.07) is 4.87. The molecule has 1 N–H and O–H groups in total. The normalized spacial score (nSPS) is 13.4. The fourth-order valence-electron chi connectivity index (χ4n) is 1.40. The minimum Gasteiger partial charge on any atom is -0.382 e. The zero-order valence-electron chi connectivity index (χ0n) is 10.3. The van der Waals surface area contributed by atoms with E-state index in [1.807, 2.05) is 0 Å². The zero-order valence-corrected chi connectivity index (χ0v) is 10.3. The highest BCUT2D eigenvalue weighted by molar-refractivity contribution is 5.45. The molecule has 1 rings (SSSR count). The van der Waals surface area contributed by atoms with E-state index in [4.69, 9.17) is 9.47 Å². The van der Waals surface area contributed by atoms with E-state index in [1.165, 1.54) is 12.1 Å². The summed E-state index contributed by atoms with van der Waals surface area (Å²) in [5.41, 5.74) is -0.0469. The number of benzene rings is 1. The Morgan fingerprint density at radius 3 is 2.22 bits per heavy atom. The molecule has 6 heteroatoms. The van der Waals surface area contributed by atoms with Crippen molar-refractivity contribution in [3.8, 4) is 0 Å². The highest BCUT2D eigenvalue weighted by Gasteiger charge is 2.29. The fourth-order valence-corrected chi connectivity index (χ4v) is 1.40. The minimum absolute atomic E-state index is 0.141. The van der Waals surface area contributed by atoms with Crippen LogP contribution in [-0.2, 0) is 15.7 Å². The highest BCUT2D eigenvalue weighted by Crippen LogP contribution is 2.29. The first-order valence-corrected chi connectivity index (χ1v) is 5.40. The largest absolute Gasteiger partial charge is 0.416 e. The number of hydrogen-bond acceptors (Lipinski definition) is 3. The molecule has 3 nitrogen and oxygen atoms in total. The Balaban J connectivity index is 2.53. The van der Waals surface area contributed by atoms with Gasteiger partial charge in [-0.25, -0.2) is 0 Å². The number of alkyl halides is 3. The van der Waals surface area contributed by atoms with Crippen molar-refractivity contribution in [2.45, 2.75) is 12.3 Å². The van der Waals surface area contributed by atoms with E-state index >= 15 is 0 Å². The van der Waals surface area contributed by atoms with E-state index in [0.29, 0.717) is 18.8 Å². The second-order valence-corrected chi connectivity index (χ2v) is 3.77. The SMILES string of the molecule is COCC(CNc1ccc(C(F)(F)F)cc1)OC. The minimum atomic E-state index is -4.30. The zero-order chi connectivity index (χ0) is 13.6. The molecule has 0 saturated carbocycles. The second-order valence-electron chi connectivity index (χ2n) is 3.77. The number of hydrogen-bond donors (Lipinski definition) is 1. The second kappa shape index (κ2) is 6.61. The monoisotopic (exact) mass is 263 g/mol. The Bertz CT molecular complexity index is 351. The standard InChI is InChI=1S/C12H16F3NO2/c1-17-8-11(18-2)7-16-10-5-3-9(4-6-10)12(13,14)15/h3-6,11,16H,7-8H2,1-2H3. The Morgan fingerprint density at radius 1 is 1.17 bits per heavy atom. The third-order valence-corrected chi connectivity index (χ3v) is 2.43. The van der Waals surface area contributed by atoms with Gasteiger partial charge in [0.25, 0.3) is 0 Å². The summed E-state index contributed by atoms with van der Waals surface area (Å²) in [6.07, 6.45) is -4.44. The van der Waals surface area contributed by atoms with Crippen molar-refractivity contribution < 1.29 is 22.6 Å². The molecule has 0 heterocycles. The molecule has 0 amide bonds. The Labute approximate surface area is 104 Å². The molecule has 1 atom stereocenters. The molecular formula is C12H16F3NO2. The number of rotatable bonds is 6. The lowest BCUT2D eigenvalue weighted by Crippen LogP contribution is -2.26. The average molecular weight is 263 g/mol. The molecular weight excluding hydrogens is 247 g/mol. The summed E-state index contributed by atoms with van der Waals surface area (Å²) in [6.45, 7) is 0.889. The predicted molar refractivity (Wildman–Crippen MR) is 62.6 cm³/mol. The van der Waals surface area contributed by atoms with Gasteiger partial charge in [-0.1, -0.05) is 0 Å². The molecule has 0 radical (unpaired) electrons. The molecule has 0 aromatic heterocycles. The van der Waals surface area contributed by atoms with Gasteiger partial charge in [-0.15, -0.1) is 0 Å². The molecule has 18 heavy (non-hydrogen) atoms. The smallest absolute Gasteiger partial charge is 0.382 e. The van der Waals surface area contributed by atoms with Gasteiger partial charge in [-0.3, -0.25) is 0 Å². The van der Waals surface area contributed by atoms with E-state index in [-0.39, 0.29) is 6.10 Å². The van der Waals surface area contributed by atoms with E-state index in [0.717, 1.165) is 12.1 Å². The molecule has 0 aliphatic rings. The van der Waals surface area contributed by atoms with Crippen molar-refractivity contribution in [2.24, 2.45) is 0 Å². The first-order valence-electron chi connectivity index (χ1n) is 5.40. The number of nitrogens with one attached hydrogen (secondary N) is 1. The number of halogens is 3. The molecule has 0 spiro atoms. The quantitative estimate of drug-likeness (QED) is 0.856. The average Bonchev–Trinajstić information content (AvgIpc) is 2.34. The molecule has 0 aliphatic heterocycles. The summed E-state index contributed by atoms with van der Waals surface area (Å²) in [5, 5.41) is 2.99. The molecule has 1 aromatic carbocycles. The third kappa shape index (κ3) is 4.54. The van der Waals surface area contributed by atoms with Crippen molar-refractivity contribution >= 4 is 5.69 Å². The lowest BCUT2D eigenvalue weighted by Gasteiger charge is -2.16. The van der Waals surface area contributed by atoms with Gasteiger partial charge in [0, 0.05) is 26.5 Å². The molecule has 1 unspecified atom stereocenters. The maximum absolute atomic E-state index is 12.3. The van der Waals surface area contributed by atoms with Crippen LogP contribution in [0.25, 0.3) is 0 Å². The Hall–Kier alpha value is -1.27. The lowest BCUT2D eigenvalue weighted by atomic mass is 10.2. The predicted octanol–water partition coefficient (Wildman–Crippen LogP) is 2.78. The molecule has 1 aromatic rings.